The molecule has 0 aliphatic heterocycles. The number of rotatable bonds is 7. The first-order valence-corrected chi connectivity index (χ1v) is 8.17. The third-order valence-electron chi connectivity index (χ3n) is 4.13. The highest BCUT2D eigenvalue weighted by atomic mass is 32.2. The van der Waals surface area contributed by atoms with Crippen molar-refractivity contribution in [2.75, 3.05) is 12.9 Å². The van der Waals surface area contributed by atoms with Crippen LogP contribution in [0.25, 0.3) is 0 Å². The van der Waals surface area contributed by atoms with Crippen molar-refractivity contribution < 1.29 is 13.9 Å². The second kappa shape index (κ2) is 5.45. The number of carbonyl (C=O) groups is 1. The fourth-order valence-corrected chi connectivity index (χ4v) is 3.85. The Hall–Kier alpha value is -0.940. The second-order valence-corrected chi connectivity index (χ2v) is 6.80. The summed E-state index contributed by atoms with van der Waals surface area (Å²) in [7, 11) is 1.49. The number of hydrogen-bond acceptors (Lipinski definition) is 5. The van der Waals surface area contributed by atoms with Crippen molar-refractivity contribution >= 4 is 17.7 Å². The lowest BCUT2D eigenvalue weighted by molar-refractivity contribution is -0.148. The summed E-state index contributed by atoms with van der Waals surface area (Å²) in [5.74, 6) is 1.92. The molecule has 110 valence electrons. The Kier molecular flexibility index (Phi) is 3.82. The van der Waals surface area contributed by atoms with Crippen LogP contribution in [0.4, 0.5) is 0 Å². The number of thioether (sulfide) groups is 1. The Morgan fingerprint density at radius 3 is 2.75 bits per heavy atom. The zero-order valence-corrected chi connectivity index (χ0v) is 12.8. The van der Waals surface area contributed by atoms with Crippen LogP contribution < -0.4 is 5.32 Å². The van der Waals surface area contributed by atoms with Gasteiger partial charge in [-0.05, 0) is 44.6 Å². The van der Waals surface area contributed by atoms with Crippen molar-refractivity contribution in [3.05, 3.63) is 18.1 Å². The molecule has 1 aromatic heterocycles. The summed E-state index contributed by atoms with van der Waals surface area (Å²) in [6, 6.07) is 2.45. The Labute approximate surface area is 123 Å². The molecule has 2 aliphatic rings. The molecule has 0 bridgehead atoms. The summed E-state index contributed by atoms with van der Waals surface area (Å²) in [6.45, 7) is 1.95. The molecule has 5 heteroatoms. The van der Waals surface area contributed by atoms with Crippen LogP contribution in [0.5, 0.6) is 0 Å². The third kappa shape index (κ3) is 2.74. The lowest BCUT2D eigenvalue weighted by Crippen LogP contribution is -2.57. The standard InChI is InChI=1S/C15H21NO3S/c1-10-13(7-8-19-10)20-9-15(11-3-4-11,14(17)18-2)16-12-5-6-12/h7-8,11-12,16H,3-6,9H2,1-2H3. The summed E-state index contributed by atoms with van der Waals surface area (Å²) in [5, 5.41) is 3.57. The van der Waals surface area contributed by atoms with Crippen molar-refractivity contribution in [2.45, 2.75) is 49.1 Å². The van der Waals surface area contributed by atoms with Gasteiger partial charge in [0.15, 0.2) is 0 Å². The molecule has 0 spiro atoms. The number of hydrogen-bond donors (Lipinski definition) is 1. The van der Waals surface area contributed by atoms with E-state index in [1.54, 1.807) is 18.0 Å². The van der Waals surface area contributed by atoms with Gasteiger partial charge in [0.05, 0.1) is 13.4 Å². The first kappa shape index (κ1) is 14.0. The van der Waals surface area contributed by atoms with E-state index >= 15 is 0 Å². The maximum Gasteiger partial charge on any atom is 0.327 e. The third-order valence-corrected chi connectivity index (χ3v) is 5.46. The first-order chi connectivity index (χ1) is 9.65. The summed E-state index contributed by atoms with van der Waals surface area (Å²) in [5.41, 5.74) is -0.524. The number of aryl methyl sites for hydroxylation is 1. The van der Waals surface area contributed by atoms with Crippen LogP contribution in [-0.2, 0) is 9.53 Å². The minimum absolute atomic E-state index is 0.111. The largest absolute Gasteiger partial charge is 0.468 e. The molecule has 0 amide bonds. The highest BCUT2D eigenvalue weighted by Gasteiger charge is 2.53. The molecule has 2 fully saturated rings. The first-order valence-electron chi connectivity index (χ1n) is 7.19. The minimum Gasteiger partial charge on any atom is -0.468 e. The quantitative estimate of drug-likeness (QED) is 0.619. The Morgan fingerprint density at radius 1 is 1.50 bits per heavy atom. The zero-order valence-electron chi connectivity index (χ0n) is 12.0. The van der Waals surface area contributed by atoms with Crippen LogP contribution >= 0.6 is 11.8 Å². The highest BCUT2D eigenvalue weighted by molar-refractivity contribution is 7.99. The molecule has 1 heterocycles. The van der Waals surface area contributed by atoms with E-state index < -0.39 is 5.54 Å². The van der Waals surface area contributed by atoms with E-state index in [2.05, 4.69) is 5.32 Å². The summed E-state index contributed by atoms with van der Waals surface area (Å²) in [6.07, 6.45) is 6.25. The number of carbonyl (C=O) groups excluding carboxylic acids is 1. The number of ether oxygens (including phenoxy) is 1. The number of furan rings is 1. The van der Waals surface area contributed by atoms with E-state index in [1.165, 1.54) is 20.0 Å². The molecular weight excluding hydrogens is 274 g/mol. The van der Waals surface area contributed by atoms with Crippen molar-refractivity contribution in [2.24, 2.45) is 5.92 Å². The highest BCUT2D eigenvalue weighted by Crippen LogP contribution is 2.45. The van der Waals surface area contributed by atoms with Crippen LogP contribution in [0.1, 0.15) is 31.4 Å². The van der Waals surface area contributed by atoms with E-state index in [0.29, 0.717) is 17.7 Å². The van der Waals surface area contributed by atoms with Crippen molar-refractivity contribution in [3.63, 3.8) is 0 Å². The minimum atomic E-state index is -0.524. The summed E-state index contributed by atoms with van der Waals surface area (Å²) >= 11 is 1.69. The van der Waals surface area contributed by atoms with Crippen molar-refractivity contribution in [1.82, 2.24) is 5.32 Å². The number of esters is 1. The van der Waals surface area contributed by atoms with Crippen LogP contribution in [0.15, 0.2) is 21.6 Å². The molecule has 2 saturated carbocycles. The Balaban J connectivity index is 1.76. The van der Waals surface area contributed by atoms with Gasteiger partial charge in [0.25, 0.3) is 0 Å². The Morgan fingerprint density at radius 2 is 2.25 bits per heavy atom. The van der Waals surface area contributed by atoms with Gasteiger partial charge in [0.1, 0.15) is 11.3 Å². The topological polar surface area (TPSA) is 51.5 Å². The second-order valence-electron chi connectivity index (χ2n) is 5.79. The van der Waals surface area contributed by atoms with Gasteiger partial charge in [0.2, 0.25) is 0 Å². The maximum atomic E-state index is 12.4. The van der Waals surface area contributed by atoms with Crippen LogP contribution in [0.3, 0.4) is 0 Å². The van der Waals surface area contributed by atoms with Crippen molar-refractivity contribution in [3.8, 4) is 0 Å². The smallest absolute Gasteiger partial charge is 0.327 e. The molecular formula is C15H21NO3S. The van der Waals surface area contributed by atoms with Gasteiger partial charge in [-0.2, -0.15) is 0 Å². The van der Waals surface area contributed by atoms with E-state index in [-0.39, 0.29) is 5.97 Å². The lowest BCUT2D eigenvalue weighted by atomic mass is 9.95. The molecule has 0 radical (unpaired) electrons. The van der Waals surface area contributed by atoms with Gasteiger partial charge < -0.3 is 9.15 Å². The van der Waals surface area contributed by atoms with E-state index in [4.69, 9.17) is 9.15 Å². The number of methoxy groups -OCH3 is 1. The van der Waals surface area contributed by atoms with Gasteiger partial charge in [-0.15, -0.1) is 11.8 Å². The van der Waals surface area contributed by atoms with Gasteiger partial charge in [0, 0.05) is 16.7 Å². The molecule has 0 saturated heterocycles. The normalized spacial score (nSPS) is 21.5. The summed E-state index contributed by atoms with van der Waals surface area (Å²) < 4.78 is 10.4. The molecule has 1 unspecified atom stereocenters. The molecule has 4 nitrogen and oxygen atoms in total. The molecule has 1 atom stereocenters. The lowest BCUT2D eigenvalue weighted by Gasteiger charge is -2.32. The van der Waals surface area contributed by atoms with Gasteiger partial charge in [-0.25, -0.2) is 0 Å². The van der Waals surface area contributed by atoms with Gasteiger partial charge in [-0.1, -0.05) is 0 Å². The molecule has 1 N–H and O–H groups in total. The van der Waals surface area contributed by atoms with Crippen LogP contribution in [0, 0.1) is 12.8 Å². The predicted octanol–water partition coefficient (Wildman–Crippen LogP) is 2.75. The predicted molar refractivity (Wildman–Crippen MR) is 77.8 cm³/mol. The fourth-order valence-electron chi connectivity index (χ4n) is 2.63. The molecule has 1 aromatic rings. The monoisotopic (exact) mass is 295 g/mol. The molecule has 20 heavy (non-hydrogen) atoms. The average Bonchev–Trinajstić information content (AvgIpc) is 3.34. The van der Waals surface area contributed by atoms with Crippen molar-refractivity contribution in [1.29, 1.82) is 0 Å². The average molecular weight is 295 g/mol. The van der Waals surface area contributed by atoms with Gasteiger partial charge in [-0.3, -0.25) is 10.1 Å². The zero-order chi connectivity index (χ0) is 14.2. The van der Waals surface area contributed by atoms with Crippen LogP contribution in [0.2, 0.25) is 0 Å². The van der Waals surface area contributed by atoms with E-state index in [1.807, 2.05) is 13.0 Å². The molecule has 2 aliphatic carbocycles. The Bertz CT molecular complexity index is 493. The van der Waals surface area contributed by atoms with Gasteiger partial charge >= 0.3 is 5.97 Å². The molecule has 3 rings (SSSR count). The SMILES string of the molecule is COC(=O)C(CSc1ccoc1C)(NC1CC1)C1CC1. The fraction of sp³-hybridized carbons (Fsp3) is 0.667. The van der Waals surface area contributed by atoms with E-state index in [9.17, 15) is 4.79 Å². The number of nitrogens with one attached hydrogen (secondary N) is 1. The van der Waals surface area contributed by atoms with Crippen LogP contribution in [-0.4, -0.2) is 30.4 Å². The molecule has 0 aromatic carbocycles. The van der Waals surface area contributed by atoms with E-state index in [0.717, 1.165) is 23.5 Å². The maximum absolute atomic E-state index is 12.4. The summed E-state index contributed by atoms with van der Waals surface area (Å²) in [4.78, 5) is 13.5.